The molecule has 18 heavy (non-hydrogen) atoms. The smallest absolute Gasteiger partial charge is 0.0681 e. The Morgan fingerprint density at radius 2 is 1.61 bits per heavy atom. The van der Waals surface area contributed by atoms with Crippen molar-refractivity contribution in [3.63, 3.8) is 0 Å². The average Bonchev–Trinajstić information content (AvgIpc) is 2.46. The molecule has 94 valence electrons. The third-order valence-electron chi connectivity index (χ3n) is 3.12. The molecule has 0 radical (unpaired) electrons. The van der Waals surface area contributed by atoms with E-state index in [0.717, 1.165) is 24.2 Å². The van der Waals surface area contributed by atoms with E-state index >= 15 is 0 Å². The first-order valence-corrected chi connectivity index (χ1v) is 6.34. The van der Waals surface area contributed by atoms with Crippen molar-refractivity contribution in [2.45, 2.75) is 26.5 Å². The highest BCUT2D eigenvalue weighted by Gasteiger charge is 1.99. The Balaban J connectivity index is 2.02. The molecule has 0 bridgehead atoms. The number of nitrogens with one attached hydrogen (secondary N) is 1. The van der Waals surface area contributed by atoms with Gasteiger partial charge in [0, 0.05) is 12.2 Å². The summed E-state index contributed by atoms with van der Waals surface area (Å²) in [5.41, 5.74) is 4.75. The van der Waals surface area contributed by atoms with E-state index in [1.165, 1.54) is 11.1 Å². The minimum absolute atomic E-state index is 0.0962. The van der Waals surface area contributed by atoms with Crippen LogP contribution in [0.2, 0.25) is 0 Å². The zero-order chi connectivity index (χ0) is 12.8. The molecule has 0 unspecified atom stereocenters. The van der Waals surface area contributed by atoms with Crippen LogP contribution in [0, 0.1) is 0 Å². The van der Waals surface area contributed by atoms with Crippen molar-refractivity contribution >= 4 is 5.69 Å². The second kappa shape index (κ2) is 6.22. The second-order valence-electron chi connectivity index (χ2n) is 4.33. The number of aliphatic hydroxyl groups excluding tert-OH is 1. The molecule has 0 aliphatic carbocycles. The van der Waals surface area contributed by atoms with Gasteiger partial charge in [-0.25, -0.2) is 0 Å². The van der Waals surface area contributed by atoms with Crippen LogP contribution in [-0.2, 0) is 19.6 Å². The number of aliphatic hydroxyl groups is 1. The number of benzene rings is 2. The van der Waals surface area contributed by atoms with E-state index in [4.69, 9.17) is 5.11 Å². The third-order valence-corrected chi connectivity index (χ3v) is 3.12. The van der Waals surface area contributed by atoms with E-state index in [9.17, 15) is 0 Å². The van der Waals surface area contributed by atoms with E-state index < -0.39 is 0 Å². The quantitative estimate of drug-likeness (QED) is 0.841. The third kappa shape index (κ3) is 3.11. The predicted molar refractivity (Wildman–Crippen MR) is 75.5 cm³/mol. The molecule has 0 spiro atoms. The molecule has 0 saturated heterocycles. The van der Waals surface area contributed by atoms with Crippen LogP contribution in [0.4, 0.5) is 5.69 Å². The Kier molecular flexibility index (Phi) is 4.37. The van der Waals surface area contributed by atoms with Gasteiger partial charge in [0.1, 0.15) is 0 Å². The van der Waals surface area contributed by atoms with Crippen molar-refractivity contribution in [1.29, 1.82) is 0 Å². The highest BCUT2D eigenvalue weighted by molar-refractivity contribution is 5.45. The van der Waals surface area contributed by atoms with Crippen LogP contribution in [-0.4, -0.2) is 5.11 Å². The fraction of sp³-hybridized carbons (Fsp3) is 0.250. The van der Waals surface area contributed by atoms with Crippen LogP contribution in [0.1, 0.15) is 23.6 Å². The van der Waals surface area contributed by atoms with Crippen molar-refractivity contribution in [3.05, 3.63) is 65.2 Å². The van der Waals surface area contributed by atoms with Crippen molar-refractivity contribution in [2.75, 3.05) is 5.32 Å². The summed E-state index contributed by atoms with van der Waals surface area (Å²) in [5, 5.41) is 12.4. The van der Waals surface area contributed by atoms with Gasteiger partial charge in [-0.1, -0.05) is 43.3 Å². The van der Waals surface area contributed by atoms with E-state index in [2.05, 4.69) is 36.5 Å². The van der Waals surface area contributed by atoms with Crippen molar-refractivity contribution < 1.29 is 5.11 Å². The Hall–Kier alpha value is -1.80. The summed E-state index contributed by atoms with van der Waals surface area (Å²) >= 11 is 0. The maximum Gasteiger partial charge on any atom is 0.0681 e. The number of anilines is 1. The molecule has 0 fully saturated rings. The first-order valence-electron chi connectivity index (χ1n) is 6.34. The largest absolute Gasteiger partial charge is 0.392 e. The van der Waals surface area contributed by atoms with Gasteiger partial charge in [0.2, 0.25) is 0 Å². The SMILES string of the molecule is CCc1ccccc1CNc1ccc(CO)cc1. The monoisotopic (exact) mass is 241 g/mol. The standard InChI is InChI=1S/C16H19NO/c1-2-14-5-3-4-6-15(14)11-17-16-9-7-13(12-18)8-10-16/h3-10,17-18H,2,11-12H2,1H3. The predicted octanol–water partition coefficient (Wildman–Crippen LogP) is 3.35. The van der Waals surface area contributed by atoms with Crippen LogP contribution in [0.15, 0.2) is 48.5 Å². The average molecular weight is 241 g/mol. The highest BCUT2D eigenvalue weighted by atomic mass is 16.3. The molecule has 2 aromatic rings. The molecule has 0 aliphatic heterocycles. The topological polar surface area (TPSA) is 32.3 Å². The molecule has 0 aliphatic rings. The molecular formula is C16H19NO. The van der Waals surface area contributed by atoms with Crippen molar-refractivity contribution in [3.8, 4) is 0 Å². The summed E-state index contributed by atoms with van der Waals surface area (Å²) in [7, 11) is 0. The lowest BCUT2D eigenvalue weighted by molar-refractivity contribution is 0.282. The molecule has 2 rings (SSSR count). The van der Waals surface area contributed by atoms with E-state index in [1.54, 1.807) is 0 Å². The Morgan fingerprint density at radius 1 is 0.944 bits per heavy atom. The molecule has 2 N–H and O–H groups in total. The Morgan fingerprint density at radius 3 is 2.22 bits per heavy atom. The van der Waals surface area contributed by atoms with Gasteiger partial charge in [-0.05, 0) is 35.2 Å². The number of aryl methyl sites for hydroxylation is 1. The summed E-state index contributed by atoms with van der Waals surface area (Å²) in [6, 6.07) is 16.4. The fourth-order valence-electron chi connectivity index (χ4n) is 2.00. The highest BCUT2D eigenvalue weighted by Crippen LogP contribution is 2.14. The molecule has 2 nitrogen and oxygen atoms in total. The summed E-state index contributed by atoms with van der Waals surface area (Å²) in [5.74, 6) is 0. The molecule has 2 aromatic carbocycles. The molecule has 2 heteroatoms. The van der Waals surface area contributed by atoms with Gasteiger partial charge < -0.3 is 10.4 Å². The van der Waals surface area contributed by atoms with Crippen LogP contribution < -0.4 is 5.32 Å². The normalized spacial score (nSPS) is 10.3. The first kappa shape index (κ1) is 12.7. The van der Waals surface area contributed by atoms with E-state index in [0.29, 0.717) is 0 Å². The van der Waals surface area contributed by atoms with Gasteiger partial charge in [-0.3, -0.25) is 0 Å². The summed E-state index contributed by atoms with van der Waals surface area (Å²) in [6.07, 6.45) is 1.06. The summed E-state index contributed by atoms with van der Waals surface area (Å²) in [6.45, 7) is 3.11. The fourth-order valence-corrected chi connectivity index (χ4v) is 2.00. The van der Waals surface area contributed by atoms with Gasteiger partial charge in [0.25, 0.3) is 0 Å². The zero-order valence-corrected chi connectivity index (χ0v) is 10.7. The number of hydrogen-bond acceptors (Lipinski definition) is 2. The van der Waals surface area contributed by atoms with Gasteiger partial charge in [0.15, 0.2) is 0 Å². The zero-order valence-electron chi connectivity index (χ0n) is 10.7. The van der Waals surface area contributed by atoms with Gasteiger partial charge in [-0.2, -0.15) is 0 Å². The van der Waals surface area contributed by atoms with Crippen molar-refractivity contribution in [2.24, 2.45) is 0 Å². The number of hydrogen-bond donors (Lipinski definition) is 2. The van der Waals surface area contributed by atoms with Crippen LogP contribution in [0.3, 0.4) is 0 Å². The second-order valence-corrected chi connectivity index (χ2v) is 4.33. The maximum absolute atomic E-state index is 8.98. The molecular weight excluding hydrogens is 222 g/mol. The van der Waals surface area contributed by atoms with E-state index in [-0.39, 0.29) is 6.61 Å². The lowest BCUT2D eigenvalue weighted by atomic mass is 10.1. The molecule has 0 atom stereocenters. The summed E-state index contributed by atoms with van der Waals surface area (Å²) < 4.78 is 0. The Labute approximate surface area is 108 Å². The number of rotatable bonds is 5. The van der Waals surface area contributed by atoms with Crippen LogP contribution in [0.5, 0.6) is 0 Å². The lowest BCUT2D eigenvalue weighted by Crippen LogP contribution is -2.02. The van der Waals surface area contributed by atoms with Gasteiger partial charge >= 0.3 is 0 Å². The van der Waals surface area contributed by atoms with Gasteiger partial charge in [-0.15, -0.1) is 0 Å². The minimum atomic E-state index is 0.0962. The molecule has 0 amide bonds. The summed E-state index contributed by atoms with van der Waals surface area (Å²) in [4.78, 5) is 0. The van der Waals surface area contributed by atoms with Crippen molar-refractivity contribution in [1.82, 2.24) is 0 Å². The maximum atomic E-state index is 8.98. The van der Waals surface area contributed by atoms with Gasteiger partial charge in [0.05, 0.1) is 6.61 Å². The lowest BCUT2D eigenvalue weighted by Gasteiger charge is -2.10. The molecule has 0 aromatic heterocycles. The Bertz CT molecular complexity index is 491. The van der Waals surface area contributed by atoms with Crippen LogP contribution >= 0.6 is 0 Å². The van der Waals surface area contributed by atoms with Crippen LogP contribution in [0.25, 0.3) is 0 Å². The molecule has 0 saturated carbocycles. The van der Waals surface area contributed by atoms with E-state index in [1.807, 2.05) is 24.3 Å². The molecule has 0 heterocycles. The minimum Gasteiger partial charge on any atom is -0.392 e. The first-order chi connectivity index (χ1) is 8.83.